The normalized spacial score (nSPS) is 15.8. The van der Waals surface area contributed by atoms with E-state index in [-0.39, 0.29) is 11.7 Å². The molecule has 0 saturated heterocycles. The maximum Gasteiger partial charge on any atom is 0.282 e. The highest BCUT2D eigenvalue weighted by molar-refractivity contribution is 5.98. The fourth-order valence-corrected chi connectivity index (χ4v) is 1.72. The molecule has 17 heavy (non-hydrogen) atoms. The van der Waals surface area contributed by atoms with E-state index < -0.39 is 5.91 Å². The first kappa shape index (κ1) is 11.3. The molecule has 0 saturated carbocycles. The van der Waals surface area contributed by atoms with Crippen LogP contribution in [0.1, 0.15) is 21.5 Å². The third kappa shape index (κ3) is 2.04. The topological polar surface area (TPSA) is 58.7 Å². The van der Waals surface area contributed by atoms with E-state index in [9.17, 15) is 9.28 Å². The maximum absolute atomic E-state index is 13.1. The van der Waals surface area contributed by atoms with Gasteiger partial charge in [0.05, 0.1) is 6.54 Å². The van der Waals surface area contributed by atoms with E-state index in [1.807, 2.05) is 0 Å². The van der Waals surface area contributed by atoms with Gasteiger partial charge in [0, 0.05) is 24.5 Å². The number of nitrogens with zero attached hydrogens (tertiary/aromatic N) is 2. The molecule has 1 heterocycles. The number of allylic oxidation sites excluding steroid dienone is 1. The molecule has 1 aliphatic rings. The second kappa shape index (κ2) is 4.37. The second-order valence-corrected chi connectivity index (χ2v) is 3.73. The molecule has 0 aromatic heterocycles. The molecule has 1 aromatic carbocycles. The van der Waals surface area contributed by atoms with Crippen LogP contribution in [-0.2, 0) is 6.54 Å². The first-order valence-electron chi connectivity index (χ1n) is 5.12. The Morgan fingerprint density at radius 2 is 2.35 bits per heavy atom. The predicted molar refractivity (Wildman–Crippen MR) is 64.0 cm³/mol. The van der Waals surface area contributed by atoms with Crippen LogP contribution in [0.25, 0.3) is 5.70 Å². The zero-order chi connectivity index (χ0) is 12.4. The molecule has 4 nitrogen and oxygen atoms in total. The molecule has 0 atom stereocenters. The number of carbonyl (C=O) groups excluding carboxylic acids is 1. The zero-order valence-electron chi connectivity index (χ0n) is 9.35. The lowest BCUT2D eigenvalue weighted by Gasteiger charge is -2.02. The van der Waals surface area contributed by atoms with Crippen molar-refractivity contribution in [2.75, 3.05) is 7.05 Å². The Kier molecular flexibility index (Phi) is 2.91. The summed E-state index contributed by atoms with van der Waals surface area (Å²) in [5.74, 6) is -0.593. The van der Waals surface area contributed by atoms with Crippen LogP contribution in [0.5, 0.6) is 0 Å². The van der Waals surface area contributed by atoms with E-state index in [1.54, 1.807) is 37.5 Å². The van der Waals surface area contributed by atoms with E-state index >= 15 is 0 Å². The van der Waals surface area contributed by atoms with E-state index in [0.717, 1.165) is 5.56 Å². The van der Waals surface area contributed by atoms with Crippen molar-refractivity contribution in [3.8, 4) is 0 Å². The summed E-state index contributed by atoms with van der Waals surface area (Å²) in [6.45, 7) is -0.0167. The first-order chi connectivity index (χ1) is 8.13. The average molecular weight is 233 g/mol. The Labute approximate surface area is 98.2 Å². The van der Waals surface area contributed by atoms with Crippen molar-refractivity contribution in [3.05, 3.63) is 41.0 Å². The number of hydrogen-bond donors (Lipinski definition) is 1. The molecule has 1 aromatic rings. The van der Waals surface area contributed by atoms with Gasteiger partial charge >= 0.3 is 0 Å². The highest BCUT2D eigenvalue weighted by Crippen LogP contribution is 2.25. The van der Waals surface area contributed by atoms with Crippen LogP contribution in [0.2, 0.25) is 0 Å². The molecule has 1 amide bonds. The molecule has 0 bridgehead atoms. The third-order valence-corrected chi connectivity index (χ3v) is 2.60. The second-order valence-electron chi connectivity index (χ2n) is 3.73. The highest BCUT2D eigenvalue weighted by atomic mass is 19.2. The molecule has 0 unspecified atom stereocenters. The number of halogens is 1. The summed E-state index contributed by atoms with van der Waals surface area (Å²) >= 11 is 0. The third-order valence-electron chi connectivity index (χ3n) is 2.60. The van der Waals surface area contributed by atoms with Gasteiger partial charge in [-0.15, -0.1) is 0 Å². The van der Waals surface area contributed by atoms with Gasteiger partial charge in [-0.2, -0.15) is 5.12 Å². The predicted octanol–water partition coefficient (Wildman–Crippen LogP) is 1.53. The van der Waals surface area contributed by atoms with Crippen molar-refractivity contribution < 1.29 is 9.28 Å². The Bertz CT molecular complexity index is 522. The summed E-state index contributed by atoms with van der Waals surface area (Å²) in [4.78, 5) is 15.1. The van der Waals surface area contributed by atoms with Gasteiger partial charge in [-0.25, -0.2) is 0 Å². The lowest BCUT2D eigenvalue weighted by atomic mass is 10.0. The van der Waals surface area contributed by atoms with E-state index in [0.29, 0.717) is 16.8 Å². The smallest absolute Gasteiger partial charge is 0.282 e. The molecule has 5 heteroatoms. The maximum atomic E-state index is 13.1. The Morgan fingerprint density at radius 3 is 3.06 bits per heavy atom. The standard InChI is InChI=1S/C12H12FN3O/c1-15-5-4-11(14)8-2-3-10-9(6-8)7-16(13)12(10)17/h2-6H,7,14H2,1H3/b11-4-,15-5?. The van der Waals surface area contributed by atoms with Crippen LogP contribution in [-0.4, -0.2) is 24.3 Å². The van der Waals surface area contributed by atoms with Crippen molar-refractivity contribution in [2.24, 2.45) is 10.7 Å². The number of amides is 1. The fraction of sp³-hybridized carbons (Fsp3) is 0.167. The molecule has 0 fully saturated rings. The van der Waals surface area contributed by atoms with Crippen molar-refractivity contribution in [3.63, 3.8) is 0 Å². The number of rotatable bonds is 2. The molecule has 2 N–H and O–H groups in total. The van der Waals surface area contributed by atoms with E-state index in [4.69, 9.17) is 5.73 Å². The number of carbonyl (C=O) groups is 1. The summed E-state index contributed by atoms with van der Waals surface area (Å²) in [5.41, 5.74) is 8.16. The molecule has 1 aliphatic heterocycles. The minimum Gasteiger partial charge on any atom is -0.398 e. The number of fused-ring (bicyclic) bond motifs is 1. The van der Waals surface area contributed by atoms with Crippen LogP contribution in [0.4, 0.5) is 4.48 Å². The van der Waals surface area contributed by atoms with E-state index in [1.165, 1.54) is 0 Å². The lowest BCUT2D eigenvalue weighted by Crippen LogP contribution is -2.12. The molecule has 88 valence electrons. The van der Waals surface area contributed by atoms with Crippen LogP contribution >= 0.6 is 0 Å². The minimum absolute atomic E-state index is 0.0167. The van der Waals surface area contributed by atoms with E-state index in [2.05, 4.69) is 4.99 Å². The van der Waals surface area contributed by atoms with Gasteiger partial charge in [0.1, 0.15) is 0 Å². The monoisotopic (exact) mass is 233 g/mol. The average Bonchev–Trinajstić information content (AvgIpc) is 2.61. The number of benzene rings is 1. The Balaban J connectivity index is 2.36. The van der Waals surface area contributed by atoms with Crippen molar-refractivity contribution in [2.45, 2.75) is 6.54 Å². The number of nitrogens with two attached hydrogens (primary N) is 1. The lowest BCUT2D eigenvalue weighted by molar-refractivity contribution is 0.0220. The molecule has 0 aliphatic carbocycles. The Hall–Kier alpha value is -2.17. The zero-order valence-corrected chi connectivity index (χ0v) is 9.35. The highest BCUT2D eigenvalue weighted by Gasteiger charge is 2.27. The van der Waals surface area contributed by atoms with Crippen molar-refractivity contribution in [1.29, 1.82) is 0 Å². The van der Waals surface area contributed by atoms with Gasteiger partial charge in [-0.1, -0.05) is 10.5 Å². The van der Waals surface area contributed by atoms with Gasteiger partial charge in [0.15, 0.2) is 0 Å². The molecular formula is C12H12FN3O. The summed E-state index contributed by atoms with van der Waals surface area (Å²) in [5, 5.41) is 0.196. The van der Waals surface area contributed by atoms with Crippen LogP contribution in [0.3, 0.4) is 0 Å². The quantitative estimate of drug-likeness (QED) is 0.622. The van der Waals surface area contributed by atoms with Crippen molar-refractivity contribution >= 4 is 17.8 Å². The summed E-state index contributed by atoms with van der Waals surface area (Å²) in [6, 6.07) is 5.02. The number of hydrogen-bond acceptors (Lipinski definition) is 3. The largest absolute Gasteiger partial charge is 0.398 e. The van der Waals surface area contributed by atoms with Gasteiger partial charge < -0.3 is 5.73 Å². The summed E-state index contributed by atoms with van der Waals surface area (Å²) in [6.07, 6.45) is 3.24. The van der Waals surface area contributed by atoms with Gasteiger partial charge in [0.2, 0.25) is 0 Å². The van der Waals surface area contributed by atoms with Gasteiger partial charge in [0.25, 0.3) is 5.91 Å². The summed E-state index contributed by atoms with van der Waals surface area (Å²) < 4.78 is 13.1. The summed E-state index contributed by atoms with van der Waals surface area (Å²) in [7, 11) is 1.64. The minimum atomic E-state index is -0.593. The van der Waals surface area contributed by atoms with Crippen LogP contribution in [0.15, 0.2) is 29.3 Å². The molecule has 0 radical (unpaired) electrons. The molecular weight excluding hydrogens is 221 g/mol. The Morgan fingerprint density at radius 1 is 1.59 bits per heavy atom. The van der Waals surface area contributed by atoms with Crippen molar-refractivity contribution in [1.82, 2.24) is 5.12 Å². The number of aliphatic imine (C=N–C) groups is 1. The molecule has 2 rings (SSSR count). The SMILES string of the molecule is CN=C/C=C(\N)c1ccc2c(c1)CN(F)C2=O. The first-order valence-corrected chi connectivity index (χ1v) is 5.12. The van der Waals surface area contributed by atoms with Crippen LogP contribution in [0, 0.1) is 0 Å². The van der Waals surface area contributed by atoms with Gasteiger partial charge in [-0.3, -0.25) is 9.79 Å². The van der Waals surface area contributed by atoms with Crippen LogP contribution < -0.4 is 5.73 Å². The fourth-order valence-electron chi connectivity index (χ4n) is 1.72. The molecule has 0 spiro atoms. The van der Waals surface area contributed by atoms with Gasteiger partial charge in [-0.05, 0) is 29.3 Å².